The summed E-state index contributed by atoms with van der Waals surface area (Å²) in [7, 11) is 0. The molecule has 2 aromatic carbocycles. The summed E-state index contributed by atoms with van der Waals surface area (Å²) in [5.74, 6) is -0.391. The number of carbonyl (C=O) groups excluding carboxylic acids is 2. The normalized spacial score (nSPS) is 17.3. The molecule has 5 nitrogen and oxygen atoms in total. The maximum absolute atomic E-state index is 12.8. The molecule has 0 aliphatic carbocycles. The summed E-state index contributed by atoms with van der Waals surface area (Å²) in [6, 6.07) is 8.16. The van der Waals surface area contributed by atoms with Crippen LogP contribution < -0.4 is 10.2 Å². The predicted molar refractivity (Wildman–Crippen MR) is 98.0 cm³/mol. The number of anilines is 2. The summed E-state index contributed by atoms with van der Waals surface area (Å²) in [6.07, 6.45) is 0.117. The van der Waals surface area contributed by atoms with Gasteiger partial charge >= 0.3 is 0 Å². The Morgan fingerprint density at radius 1 is 1.00 bits per heavy atom. The number of nitrogens with one attached hydrogen (secondary N) is 1. The topological polar surface area (TPSA) is 69.6 Å². The van der Waals surface area contributed by atoms with E-state index < -0.39 is 6.04 Å². The fourth-order valence-corrected chi connectivity index (χ4v) is 3.47. The molecule has 0 spiro atoms. The first kappa shape index (κ1) is 17.0. The van der Waals surface area contributed by atoms with Crippen molar-refractivity contribution in [3.05, 3.63) is 52.6 Å². The summed E-state index contributed by atoms with van der Waals surface area (Å²) in [5, 5.41) is 12.8. The average molecular weight is 338 g/mol. The predicted octanol–water partition coefficient (Wildman–Crippen LogP) is 3.37. The van der Waals surface area contributed by atoms with Gasteiger partial charge in [0.25, 0.3) is 5.91 Å². The second-order valence-corrected chi connectivity index (χ2v) is 6.71. The molecule has 1 atom stereocenters. The summed E-state index contributed by atoms with van der Waals surface area (Å²) >= 11 is 0. The number of benzene rings is 2. The molecule has 130 valence electrons. The zero-order chi connectivity index (χ0) is 18.3. The number of nitrogens with zero attached hydrogens (tertiary/aromatic N) is 1. The second-order valence-electron chi connectivity index (χ2n) is 6.71. The van der Waals surface area contributed by atoms with Gasteiger partial charge in [-0.15, -0.1) is 0 Å². The number of phenolic OH excluding ortho intramolecular Hbond substituents is 1. The van der Waals surface area contributed by atoms with E-state index >= 15 is 0 Å². The Bertz CT molecular complexity index is 850. The lowest BCUT2D eigenvalue weighted by Gasteiger charge is -2.20. The lowest BCUT2D eigenvalue weighted by atomic mass is 10.0. The summed E-state index contributed by atoms with van der Waals surface area (Å²) in [4.78, 5) is 26.5. The number of aromatic hydroxyl groups is 1. The number of aryl methyl sites for hydroxylation is 4. The van der Waals surface area contributed by atoms with Crippen LogP contribution in [0.15, 0.2) is 30.3 Å². The molecule has 1 fully saturated rings. The fraction of sp³-hybridized carbons (Fsp3) is 0.300. The van der Waals surface area contributed by atoms with E-state index in [2.05, 4.69) is 17.4 Å². The lowest BCUT2D eigenvalue weighted by molar-refractivity contribution is -0.121. The molecular weight excluding hydrogens is 316 g/mol. The largest absolute Gasteiger partial charge is 0.508 e. The van der Waals surface area contributed by atoms with Crippen LogP contribution in [0.2, 0.25) is 0 Å². The van der Waals surface area contributed by atoms with Crippen LogP contribution in [-0.4, -0.2) is 23.0 Å². The van der Waals surface area contributed by atoms with Gasteiger partial charge in [-0.2, -0.15) is 0 Å². The highest BCUT2D eigenvalue weighted by atomic mass is 16.3. The highest BCUT2D eigenvalue weighted by Gasteiger charge is 2.40. The molecule has 2 amide bonds. The van der Waals surface area contributed by atoms with Crippen LogP contribution in [0, 0.1) is 27.7 Å². The van der Waals surface area contributed by atoms with Crippen LogP contribution in [0.25, 0.3) is 0 Å². The van der Waals surface area contributed by atoms with Crippen molar-refractivity contribution in [1.29, 1.82) is 0 Å². The van der Waals surface area contributed by atoms with E-state index in [-0.39, 0.29) is 24.0 Å². The molecule has 5 heteroatoms. The first-order chi connectivity index (χ1) is 11.8. The van der Waals surface area contributed by atoms with Crippen molar-refractivity contribution < 1.29 is 14.7 Å². The molecule has 1 aliphatic heterocycles. The van der Waals surface area contributed by atoms with E-state index in [1.54, 1.807) is 19.1 Å². The number of amides is 2. The van der Waals surface area contributed by atoms with Gasteiger partial charge in [0.15, 0.2) is 0 Å². The lowest BCUT2D eigenvalue weighted by Crippen LogP contribution is -2.35. The van der Waals surface area contributed by atoms with Gasteiger partial charge in [0.1, 0.15) is 11.8 Å². The molecule has 3 rings (SSSR count). The van der Waals surface area contributed by atoms with Crippen molar-refractivity contribution in [3.63, 3.8) is 0 Å². The van der Waals surface area contributed by atoms with Crippen LogP contribution in [-0.2, 0) is 9.59 Å². The second kappa shape index (κ2) is 6.24. The van der Waals surface area contributed by atoms with Crippen molar-refractivity contribution in [3.8, 4) is 5.75 Å². The van der Waals surface area contributed by atoms with Crippen molar-refractivity contribution in [2.24, 2.45) is 0 Å². The van der Waals surface area contributed by atoms with Gasteiger partial charge in [-0.25, -0.2) is 4.90 Å². The van der Waals surface area contributed by atoms with E-state index in [9.17, 15) is 14.7 Å². The fourth-order valence-electron chi connectivity index (χ4n) is 3.47. The number of rotatable bonds is 3. The maximum atomic E-state index is 12.8. The van der Waals surface area contributed by atoms with Gasteiger partial charge in [0.05, 0.1) is 12.1 Å². The van der Waals surface area contributed by atoms with E-state index in [4.69, 9.17) is 0 Å². The molecule has 1 unspecified atom stereocenters. The number of hydrogen-bond donors (Lipinski definition) is 2. The molecule has 2 N–H and O–H groups in total. The third-order valence-corrected chi connectivity index (χ3v) is 4.56. The Hall–Kier alpha value is -2.82. The highest BCUT2D eigenvalue weighted by Crippen LogP contribution is 2.31. The van der Waals surface area contributed by atoms with Gasteiger partial charge in [-0.3, -0.25) is 9.59 Å². The summed E-state index contributed by atoms with van der Waals surface area (Å²) in [6.45, 7) is 7.78. The van der Waals surface area contributed by atoms with Crippen LogP contribution in [0.3, 0.4) is 0 Å². The Labute approximate surface area is 147 Å². The zero-order valence-electron chi connectivity index (χ0n) is 14.9. The first-order valence-electron chi connectivity index (χ1n) is 8.28. The van der Waals surface area contributed by atoms with Gasteiger partial charge in [-0.05, 0) is 62.6 Å². The molecule has 0 saturated carbocycles. The molecule has 1 saturated heterocycles. The smallest absolute Gasteiger partial charge is 0.256 e. The Kier molecular flexibility index (Phi) is 4.25. The number of imide groups is 1. The zero-order valence-corrected chi connectivity index (χ0v) is 14.9. The van der Waals surface area contributed by atoms with Crippen molar-refractivity contribution in [2.75, 3.05) is 10.2 Å². The number of hydrogen-bond acceptors (Lipinski definition) is 4. The minimum absolute atomic E-state index is 0.112. The quantitative estimate of drug-likeness (QED) is 0.842. The van der Waals surface area contributed by atoms with Gasteiger partial charge in [-0.1, -0.05) is 17.7 Å². The third-order valence-electron chi connectivity index (χ3n) is 4.56. The first-order valence-corrected chi connectivity index (χ1v) is 8.28. The van der Waals surface area contributed by atoms with Crippen molar-refractivity contribution in [1.82, 2.24) is 0 Å². The average Bonchev–Trinajstić information content (AvgIpc) is 2.78. The van der Waals surface area contributed by atoms with Crippen LogP contribution in [0.4, 0.5) is 11.4 Å². The maximum Gasteiger partial charge on any atom is 0.256 e. The number of phenols is 1. The van der Waals surface area contributed by atoms with Crippen molar-refractivity contribution >= 4 is 23.2 Å². The SMILES string of the molecule is Cc1cc(C)c(NC2CC(=O)N(c3ccc(O)cc3C)C2=O)c(C)c1. The minimum Gasteiger partial charge on any atom is -0.508 e. The minimum atomic E-state index is -0.583. The summed E-state index contributed by atoms with van der Waals surface area (Å²) in [5.41, 5.74) is 5.38. The monoisotopic (exact) mass is 338 g/mol. The summed E-state index contributed by atoms with van der Waals surface area (Å²) < 4.78 is 0. The molecule has 0 aromatic heterocycles. The number of carbonyl (C=O) groups is 2. The van der Waals surface area contributed by atoms with E-state index in [1.165, 1.54) is 11.0 Å². The van der Waals surface area contributed by atoms with Gasteiger partial charge in [0.2, 0.25) is 5.91 Å². The Morgan fingerprint density at radius 2 is 1.64 bits per heavy atom. The van der Waals surface area contributed by atoms with Crippen molar-refractivity contribution in [2.45, 2.75) is 40.2 Å². The Balaban J connectivity index is 1.89. The third kappa shape index (κ3) is 3.09. The highest BCUT2D eigenvalue weighted by molar-refractivity contribution is 6.23. The van der Waals surface area contributed by atoms with Crippen LogP contribution >= 0.6 is 0 Å². The molecule has 1 heterocycles. The van der Waals surface area contributed by atoms with E-state index in [0.29, 0.717) is 11.3 Å². The van der Waals surface area contributed by atoms with Crippen LogP contribution in [0.5, 0.6) is 5.75 Å². The molecule has 1 aliphatic rings. The Morgan fingerprint density at radius 3 is 2.24 bits per heavy atom. The van der Waals surface area contributed by atoms with Gasteiger partial charge in [0, 0.05) is 5.69 Å². The standard InChI is InChI=1S/C20H22N2O3/c1-11-7-13(3)19(14(4)8-11)21-16-10-18(24)22(20(16)25)17-6-5-15(23)9-12(17)2/h5-9,16,21,23H,10H2,1-4H3. The molecule has 0 bridgehead atoms. The van der Waals surface area contributed by atoms with Crippen LogP contribution in [0.1, 0.15) is 28.7 Å². The van der Waals surface area contributed by atoms with Gasteiger partial charge < -0.3 is 10.4 Å². The van der Waals surface area contributed by atoms with E-state index in [1.807, 2.05) is 20.8 Å². The molecule has 25 heavy (non-hydrogen) atoms. The molecular formula is C20H22N2O3. The molecule has 2 aromatic rings. The van der Waals surface area contributed by atoms with E-state index in [0.717, 1.165) is 22.4 Å². The molecule has 0 radical (unpaired) electrons.